The number of hydrogen-bond acceptors (Lipinski definition) is 3. The first-order valence-corrected chi connectivity index (χ1v) is 7.10. The van der Waals surface area contributed by atoms with Gasteiger partial charge >= 0.3 is 0 Å². The molecule has 20 heavy (non-hydrogen) atoms. The minimum atomic E-state index is -0.177. The van der Waals surface area contributed by atoms with Crippen molar-refractivity contribution in [3.8, 4) is 11.8 Å². The van der Waals surface area contributed by atoms with Crippen LogP contribution in [-0.4, -0.2) is 17.6 Å². The van der Waals surface area contributed by atoms with Crippen LogP contribution >= 0.6 is 11.3 Å². The second-order valence-corrected chi connectivity index (χ2v) is 5.16. The molecule has 0 aliphatic rings. The first-order valence-electron chi connectivity index (χ1n) is 6.16. The monoisotopic (exact) mass is 285 g/mol. The molecule has 2 rings (SSSR count). The van der Waals surface area contributed by atoms with Crippen LogP contribution in [0.1, 0.15) is 27.0 Å². The highest BCUT2D eigenvalue weighted by molar-refractivity contribution is 7.08. The number of amides is 1. The molecule has 0 bridgehead atoms. The van der Waals surface area contributed by atoms with E-state index < -0.39 is 0 Å². The van der Waals surface area contributed by atoms with E-state index in [1.807, 2.05) is 42.8 Å². The Labute approximate surface area is 122 Å². The van der Waals surface area contributed by atoms with E-state index in [-0.39, 0.29) is 12.5 Å². The predicted molar refractivity (Wildman–Crippen MR) is 82.2 cm³/mol. The van der Waals surface area contributed by atoms with E-state index in [0.29, 0.717) is 5.56 Å². The smallest absolute Gasteiger partial charge is 0.256 e. The number of rotatable bonds is 2. The lowest BCUT2D eigenvalue weighted by Gasteiger charge is -2.08. The number of benzene rings is 1. The van der Waals surface area contributed by atoms with Crippen LogP contribution in [0.3, 0.4) is 0 Å². The van der Waals surface area contributed by atoms with E-state index in [1.54, 1.807) is 0 Å². The van der Waals surface area contributed by atoms with Crippen molar-refractivity contribution in [3.05, 3.63) is 51.2 Å². The quantitative estimate of drug-likeness (QED) is 0.833. The Morgan fingerprint density at radius 1 is 1.30 bits per heavy atom. The molecule has 1 heterocycles. The van der Waals surface area contributed by atoms with Crippen LogP contribution in [0.15, 0.2) is 29.0 Å². The summed E-state index contributed by atoms with van der Waals surface area (Å²) in [7, 11) is 0. The van der Waals surface area contributed by atoms with Crippen molar-refractivity contribution in [1.29, 1.82) is 0 Å². The summed E-state index contributed by atoms with van der Waals surface area (Å²) in [6.07, 6.45) is 0. The van der Waals surface area contributed by atoms with Crippen LogP contribution in [0.5, 0.6) is 0 Å². The predicted octanol–water partition coefficient (Wildman–Crippen LogP) is 2.96. The second-order valence-electron chi connectivity index (χ2n) is 4.41. The molecule has 0 saturated heterocycles. The van der Waals surface area contributed by atoms with Gasteiger partial charge in [0.05, 0.1) is 5.56 Å². The van der Waals surface area contributed by atoms with E-state index in [0.717, 1.165) is 22.4 Å². The lowest BCUT2D eigenvalue weighted by Crippen LogP contribution is -2.13. The van der Waals surface area contributed by atoms with E-state index in [1.165, 1.54) is 11.3 Å². The number of thiophene rings is 1. The zero-order chi connectivity index (χ0) is 14.5. The van der Waals surface area contributed by atoms with Gasteiger partial charge in [-0.1, -0.05) is 17.9 Å². The first kappa shape index (κ1) is 14.3. The van der Waals surface area contributed by atoms with Gasteiger partial charge < -0.3 is 10.4 Å². The Hall–Kier alpha value is -2.09. The molecule has 0 aliphatic heterocycles. The van der Waals surface area contributed by atoms with Crippen molar-refractivity contribution >= 4 is 22.9 Å². The zero-order valence-electron chi connectivity index (χ0n) is 11.4. The SMILES string of the molecule is Cc1ccc(C#CCO)cc1NC(=O)c1cscc1C. The van der Waals surface area contributed by atoms with Crippen LogP contribution in [0.25, 0.3) is 0 Å². The molecule has 3 nitrogen and oxygen atoms in total. The minimum absolute atomic E-state index is 0.112. The number of aryl methyl sites for hydroxylation is 2. The minimum Gasteiger partial charge on any atom is -0.384 e. The molecule has 1 aromatic carbocycles. The average molecular weight is 285 g/mol. The number of aliphatic hydroxyl groups is 1. The van der Waals surface area contributed by atoms with E-state index in [9.17, 15) is 4.79 Å². The number of nitrogens with one attached hydrogen (secondary N) is 1. The normalized spacial score (nSPS) is 9.75. The maximum Gasteiger partial charge on any atom is 0.256 e. The maximum atomic E-state index is 12.2. The van der Waals surface area contributed by atoms with E-state index in [2.05, 4.69) is 17.2 Å². The Kier molecular flexibility index (Phi) is 4.57. The third-order valence-electron chi connectivity index (χ3n) is 2.90. The average Bonchev–Trinajstić information content (AvgIpc) is 2.86. The lowest BCUT2D eigenvalue weighted by atomic mass is 10.1. The van der Waals surface area contributed by atoms with E-state index in [4.69, 9.17) is 5.11 Å². The highest BCUT2D eigenvalue weighted by Gasteiger charge is 2.11. The van der Waals surface area contributed by atoms with Gasteiger partial charge in [0.15, 0.2) is 0 Å². The summed E-state index contributed by atoms with van der Waals surface area (Å²) in [5.41, 5.74) is 4.15. The van der Waals surface area contributed by atoms with Crippen LogP contribution in [-0.2, 0) is 0 Å². The Morgan fingerprint density at radius 2 is 2.10 bits per heavy atom. The van der Waals surface area contributed by atoms with Crippen molar-refractivity contribution in [3.63, 3.8) is 0 Å². The molecule has 0 atom stereocenters. The van der Waals surface area contributed by atoms with Gasteiger partial charge in [0.2, 0.25) is 0 Å². The summed E-state index contributed by atoms with van der Waals surface area (Å²) < 4.78 is 0. The molecule has 0 unspecified atom stereocenters. The molecule has 2 aromatic rings. The molecule has 0 spiro atoms. The topological polar surface area (TPSA) is 49.3 Å². The highest BCUT2D eigenvalue weighted by Crippen LogP contribution is 2.20. The van der Waals surface area contributed by atoms with Crippen molar-refractivity contribution in [2.75, 3.05) is 11.9 Å². The lowest BCUT2D eigenvalue weighted by molar-refractivity contribution is 0.102. The van der Waals surface area contributed by atoms with Crippen molar-refractivity contribution < 1.29 is 9.90 Å². The number of carbonyl (C=O) groups is 1. The van der Waals surface area contributed by atoms with Crippen LogP contribution in [0.2, 0.25) is 0 Å². The summed E-state index contributed by atoms with van der Waals surface area (Å²) in [6.45, 7) is 3.67. The summed E-state index contributed by atoms with van der Waals surface area (Å²) >= 11 is 1.51. The largest absolute Gasteiger partial charge is 0.384 e. The van der Waals surface area contributed by atoms with Crippen molar-refractivity contribution in [2.24, 2.45) is 0 Å². The van der Waals surface area contributed by atoms with Crippen molar-refractivity contribution in [1.82, 2.24) is 0 Å². The standard InChI is InChI=1S/C16H15NO2S/c1-11-5-6-13(4-3-7-18)8-15(11)17-16(19)14-10-20-9-12(14)2/h5-6,8-10,18H,7H2,1-2H3,(H,17,19). The molecule has 2 N–H and O–H groups in total. The number of anilines is 1. The van der Waals surface area contributed by atoms with Crippen LogP contribution in [0.4, 0.5) is 5.69 Å². The van der Waals surface area contributed by atoms with Gasteiger partial charge in [0.1, 0.15) is 6.61 Å². The molecule has 0 radical (unpaired) electrons. The van der Waals surface area contributed by atoms with Crippen molar-refractivity contribution in [2.45, 2.75) is 13.8 Å². The maximum absolute atomic E-state index is 12.2. The molecule has 0 saturated carbocycles. The number of hydrogen-bond donors (Lipinski definition) is 2. The highest BCUT2D eigenvalue weighted by atomic mass is 32.1. The van der Waals surface area contributed by atoms with Gasteiger partial charge in [-0.25, -0.2) is 0 Å². The third-order valence-corrected chi connectivity index (χ3v) is 3.76. The fourth-order valence-corrected chi connectivity index (χ4v) is 2.59. The second kappa shape index (κ2) is 6.38. The summed E-state index contributed by atoms with van der Waals surface area (Å²) in [5, 5.41) is 15.4. The Balaban J connectivity index is 2.25. The Bertz CT molecular complexity index is 692. The van der Waals surface area contributed by atoms with Crippen LogP contribution in [0, 0.1) is 25.7 Å². The van der Waals surface area contributed by atoms with Gasteiger partial charge in [0, 0.05) is 16.6 Å². The Morgan fingerprint density at radius 3 is 2.75 bits per heavy atom. The molecule has 4 heteroatoms. The molecule has 1 amide bonds. The van der Waals surface area contributed by atoms with E-state index >= 15 is 0 Å². The third kappa shape index (κ3) is 3.27. The fourth-order valence-electron chi connectivity index (χ4n) is 1.76. The van der Waals surface area contributed by atoms with Gasteiger partial charge in [-0.05, 0) is 42.5 Å². The van der Waals surface area contributed by atoms with Gasteiger partial charge in [0.25, 0.3) is 5.91 Å². The number of aliphatic hydroxyl groups excluding tert-OH is 1. The van der Waals surface area contributed by atoms with Gasteiger partial charge in [-0.2, -0.15) is 11.3 Å². The van der Waals surface area contributed by atoms with Gasteiger partial charge in [-0.3, -0.25) is 4.79 Å². The van der Waals surface area contributed by atoms with Crippen LogP contribution < -0.4 is 5.32 Å². The first-order chi connectivity index (χ1) is 9.61. The molecule has 1 aromatic heterocycles. The van der Waals surface area contributed by atoms with Gasteiger partial charge in [-0.15, -0.1) is 0 Å². The molecular weight excluding hydrogens is 270 g/mol. The molecular formula is C16H15NO2S. The summed E-state index contributed by atoms with van der Waals surface area (Å²) in [5.74, 6) is 5.32. The summed E-state index contributed by atoms with van der Waals surface area (Å²) in [4.78, 5) is 12.2. The molecule has 102 valence electrons. The molecule has 0 fully saturated rings. The fraction of sp³-hybridized carbons (Fsp3) is 0.188. The number of carbonyl (C=O) groups excluding carboxylic acids is 1. The molecule has 0 aliphatic carbocycles. The zero-order valence-corrected chi connectivity index (χ0v) is 12.2. The summed E-state index contributed by atoms with van der Waals surface area (Å²) in [6, 6.07) is 5.58.